The van der Waals surface area contributed by atoms with Crippen LogP contribution in [0.25, 0.3) is 0 Å². The van der Waals surface area contributed by atoms with E-state index in [9.17, 15) is 8.78 Å². The van der Waals surface area contributed by atoms with Gasteiger partial charge < -0.3 is 10.1 Å². The standard InChI is InChI=1S/C10H10F2N2O/c1-14-9(6-13)7-2-4-8(5-3-7)15-10(11)12/h2-5,9-10,14H,1H3. The van der Waals surface area contributed by atoms with Crippen molar-refractivity contribution in [3.8, 4) is 11.8 Å². The summed E-state index contributed by atoms with van der Waals surface area (Å²) in [6, 6.07) is 7.54. The molecule has 0 amide bonds. The first-order valence-corrected chi connectivity index (χ1v) is 4.29. The van der Waals surface area contributed by atoms with Crippen molar-refractivity contribution in [3.63, 3.8) is 0 Å². The van der Waals surface area contributed by atoms with Crippen molar-refractivity contribution in [2.75, 3.05) is 7.05 Å². The number of nitriles is 1. The number of benzene rings is 1. The second-order valence-corrected chi connectivity index (χ2v) is 2.80. The van der Waals surface area contributed by atoms with Gasteiger partial charge in [0.2, 0.25) is 0 Å². The predicted octanol–water partition coefficient (Wildman–Crippen LogP) is 2.07. The van der Waals surface area contributed by atoms with Gasteiger partial charge in [-0.2, -0.15) is 14.0 Å². The van der Waals surface area contributed by atoms with E-state index in [1.807, 2.05) is 6.07 Å². The van der Waals surface area contributed by atoms with Crippen molar-refractivity contribution in [3.05, 3.63) is 29.8 Å². The summed E-state index contributed by atoms with van der Waals surface area (Å²) in [4.78, 5) is 0. The monoisotopic (exact) mass is 212 g/mol. The maximum absolute atomic E-state index is 11.8. The largest absolute Gasteiger partial charge is 0.435 e. The van der Waals surface area contributed by atoms with E-state index in [0.717, 1.165) is 0 Å². The maximum Gasteiger partial charge on any atom is 0.387 e. The molecule has 0 saturated heterocycles. The molecule has 0 spiro atoms. The number of nitrogens with zero attached hydrogens (tertiary/aromatic N) is 1. The van der Waals surface area contributed by atoms with Crippen molar-refractivity contribution in [1.82, 2.24) is 5.32 Å². The van der Waals surface area contributed by atoms with E-state index in [4.69, 9.17) is 5.26 Å². The van der Waals surface area contributed by atoms with Gasteiger partial charge in [-0.05, 0) is 24.7 Å². The Morgan fingerprint density at radius 2 is 1.93 bits per heavy atom. The smallest absolute Gasteiger partial charge is 0.387 e. The van der Waals surface area contributed by atoms with Gasteiger partial charge in [0, 0.05) is 0 Å². The van der Waals surface area contributed by atoms with Crippen LogP contribution in [-0.4, -0.2) is 13.7 Å². The van der Waals surface area contributed by atoms with Crippen LogP contribution in [0, 0.1) is 11.3 Å². The quantitative estimate of drug-likeness (QED) is 0.830. The van der Waals surface area contributed by atoms with Gasteiger partial charge in [0.15, 0.2) is 0 Å². The highest BCUT2D eigenvalue weighted by atomic mass is 19.3. The van der Waals surface area contributed by atoms with Crippen LogP contribution in [0.5, 0.6) is 5.75 Å². The molecule has 0 bridgehead atoms. The van der Waals surface area contributed by atoms with Gasteiger partial charge in [-0.15, -0.1) is 0 Å². The van der Waals surface area contributed by atoms with Gasteiger partial charge in [0.1, 0.15) is 11.8 Å². The molecule has 1 aromatic rings. The van der Waals surface area contributed by atoms with Gasteiger partial charge in [0.05, 0.1) is 6.07 Å². The summed E-state index contributed by atoms with van der Waals surface area (Å²) in [6.07, 6.45) is 0. The van der Waals surface area contributed by atoms with Crippen LogP contribution in [0.2, 0.25) is 0 Å². The van der Waals surface area contributed by atoms with E-state index in [0.29, 0.717) is 5.56 Å². The molecule has 3 nitrogen and oxygen atoms in total. The third kappa shape index (κ3) is 3.18. The topological polar surface area (TPSA) is 45.0 Å². The molecule has 0 aliphatic rings. The van der Waals surface area contributed by atoms with Crippen LogP contribution < -0.4 is 10.1 Å². The highest BCUT2D eigenvalue weighted by molar-refractivity contribution is 5.31. The molecule has 0 aliphatic heterocycles. The van der Waals surface area contributed by atoms with Crippen molar-refractivity contribution < 1.29 is 13.5 Å². The van der Waals surface area contributed by atoms with Crippen molar-refractivity contribution in [1.29, 1.82) is 5.26 Å². The average molecular weight is 212 g/mol. The fourth-order valence-corrected chi connectivity index (χ4v) is 1.15. The summed E-state index contributed by atoms with van der Waals surface area (Å²) in [5, 5.41) is 11.5. The Labute approximate surface area is 86.3 Å². The van der Waals surface area contributed by atoms with Gasteiger partial charge in [-0.25, -0.2) is 0 Å². The fourth-order valence-electron chi connectivity index (χ4n) is 1.15. The number of ether oxygens (including phenoxy) is 1. The van der Waals surface area contributed by atoms with E-state index < -0.39 is 12.7 Å². The fraction of sp³-hybridized carbons (Fsp3) is 0.300. The average Bonchev–Trinajstić information content (AvgIpc) is 2.21. The molecule has 80 valence electrons. The summed E-state index contributed by atoms with van der Waals surface area (Å²) in [6.45, 7) is -2.83. The second kappa shape index (κ2) is 5.27. The Balaban J connectivity index is 2.76. The summed E-state index contributed by atoms with van der Waals surface area (Å²) in [5.74, 6) is 0.0848. The van der Waals surface area contributed by atoms with E-state index >= 15 is 0 Å². The predicted molar refractivity (Wildman–Crippen MR) is 50.5 cm³/mol. The van der Waals surface area contributed by atoms with Crippen LogP contribution in [0.4, 0.5) is 8.78 Å². The highest BCUT2D eigenvalue weighted by Gasteiger charge is 2.08. The molecule has 0 fully saturated rings. The Morgan fingerprint density at radius 1 is 1.33 bits per heavy atom. The summed E-state index contributed by atoms with van der Waals surface area (Å²) < 4.78 is 27.8. The Kier molecular flexibility index (Phi) is 4.01. The number of rotatable bonds is 4. The molecule has 1 rings (SSSR count). The minimum atomic E-state index is -2.83. The van der Waals surface area contributed by atoms with E-state index in [-0.39, 0.29) is 5.75 Å². The molecular weight excluding hydrogens is 202 g/mol. The normalized spacial score (nSPS) is 12.2. The lowest BCUT2D eigenvalue weighted by Gasteiger charge is -2.09. The zero-order valence-corrected chi connectivity index (χ0v) is 8.08. The van der Waals surface area contributed by atoms with Crippen LogP contribution in [-0.2, 0) is 0 Å². The summed E-state index contributed by atoms with van der Waals surface area (Å²) in [7, 11) is 1.65. The molecule has 1 atom stereocenters. The lowest BCUT2D eigenvalue weighted by atomic mass is 10.1. The molecule has 1 unspecified atom stereocenters. The Bertz CT molecular complexity index is 345. The van der Waals surface area contributed by atoms with Crippen molar-refractivity contribution >= 4 is 0 Å². The van der Waals surface area contributed by atoms with E-state index in [2.05, 4.69) is 10.1 Å². The highest BCUT2D eigenvalue weighted by Crippen LogP contribution is 2.18. The lowest BCUT2D eigenvalue weighted by Crippen LogP contribution is -2.13. The number of alkyl halides is 2. The molecule has 15 heavy (non-hydrogen) atoms. The molecular formula is C10H10F2N2O. The summed E-state index contributed by atoms with van der Waals surface area (Å²) in [5.41, 5.74) is 0.710. The van der Waals surface area contributed by atoms with Crippen LogP contribution >= 0.6 is 0 Å². The van der Waals surface area contributed by atoms with Crippen LogP contribution in [0.15, 0.2) is 24.3 Å². The maximum atomic E-state index is 11.8. The molecule has 0 radical (unpaired) electrons. The first kappa shape index (κ1) is 11.4. The van der Waals surface area contributed by atoms with E-state index in [1.165, 1.54) is 12.1 Å². The number of halogens is 2. The Morgan fingerprint density at radius 3 is 2.33 bits per heavy atom. The molecule has 1 aromatic carbocycles. The third-order valence-electron chi connectivity index (χ3n) is 1.86. The molecule has 0 heterocycles. The number of hydrogen-bond acceptors (Lipinski definition) is 3. The minimum Gasteiger partial charge on any atom is -0.435 e. The zero-order chi connectivity index (χ0) is 11.3. The zero-order valence-electron chi connectivity index (χ0n) is 8.08. The molecule has 0 aromatic heterocycles. The van der Waals surface area contributed by atoms with Gasteiger partial charge in [-0.1, -0.05) is 12.1 Å². The van der Waals surface area contributed by atoms with Crippen LogP contribution in [0.1, 0.15) is 11.6 Å². The first-order valence-electron chi connectivity index (χ1n) is 4.29. The Hall–Kier alpha value is -1.67. The number of hydrogen-bond donors (Lipinski definition) is 1. The van der Waals surface area contributed by atoms with Gasteiger partial charge >= 0.3 is 6.61 Å². The number of nitrogens with one attached hydrogen (secondary N) is 1. The lowest BCUT2D eigenvalue weighted by molar-refractivity contribution is -0.0498. The molecule has 0 saturated carbocycles. The van der Waals surface area contributed by atoms with Gasteiger partial charge in [-0.3, -0.25) is 0 Å². The molecule has 5 heteroatoms. The first-order chi connectivity index (χ1) is 7.17. The van der Waals surface area contributed by atoms with Crippen LogP contribution in [0.3, 0.4) is 0 Å². The second-order valence-electron chi connectivity index (χ2n) is 2.80. The molecule has 1 N–H and O–H groups in total. The van der Waals surface area contributed by atoms with Crippen molar-refractivity contribution in [2.24, 2.45) is 0 Å². The molecule has 0 aliphatic carbocycles. The van der Waals surface area contributed by atoms with Crippen molar-refractivity contribution in [2.45, 2.75) is 12.7 Å². The summed E-state index contributed by atoms with van der Waals surface area (Å²) >= 11 is 0. The minimum absolute atomic E-state index is 0.0848. The van der Waals surface area contributed by atoms with E-state index in [1.54, 1.807) is 19.2 Å². The third-order valence-corrected chi connectivity index (χ3v) is 1.86. The SMILES string of the molecule is CNC(C#N)c1ccc(OC(F)F)cc1. The van der Waals surface area contributed by atoms with Gasteiger partial charge in [0.25, 0.3) is 0 Å².